The van der Waals surface area contributed by atoms with E-state index in [1.54, 1.807) is 19.3 Å². The van der Waals surface area contributed by atoms with Gasteiger partial charge in [0.2, 0.25) is 0 Å². The number of nitrogens with zero attached hydrogens (tertiary/aromatic N) is 2. The molecule has 1 aliphatic heterocycles. The Kier molecular flexibility index (Phi) is 6.36. The maximum absolute atomic E-state index is 13.0. The van der Waals surface area contributed by atoms with E-state index in [0.29, 0.717) is 35.1 Å². The minimum absolute atomic E-state index is 0.187. The van der Waals surface area contributed by atoms with Gasteiger partial charge in [0.25, 0.3) is 5.91 Å². The van der Waals surface area contributed by atoms with Gasteiger partial charge in [0.05, 0.1) is 24.1 Å². The molecule has 0 saturated carbocycles. The van der Waals surface area contributed by atoms with Crippen LogP contribution in [0.15, 0.2) is 68.7 Å². The molecule has 7 heteroatoms. The van der Waals surface area contributed by atoms with E-state index in [1.807, 2.05) is 43.3 Å². The molecule has 0 unspecified atom stereocenters. The van der Waals surface area contributed by atoms with Crippen molar-refractivity contribution in [3.63, 3.8) is 0 Å². The number of ether oxygens (including phenoxy) is 2. The van der Waals surface area contributed by atoms with Gasteiger partial charge in [-0.3, -0.25) is 4.79 Å². The summed E-state index contributed by atoms with van der Waals surface area (Å²) >= 11 is 6.97. The molecular formula is C21H18Br2N2O3. The third-order valence-corrected chi connectivity index (χ3v) is 5.23. The van der Waals surface area contributed by atoms with Crippen molar-refractivity contribution in [2.24, 2.45) is 5.10 Å². The maximum Gasteiger partial charge on any atom is 0.280 e. The van der Waals surface area contributed by atoms with Crippen molar-refractivity contribution in [2.45, 2.75) is 6.92 Å². The summed E-state index contributed by atoms with van der Waals surface area (Å²) in [6.07, 6.45) is 3.46. The topological polar surface area (TPSA) is 51.1 Å². The summed E-state index contributed by atoms with van der Waals surface area (Å²) < 4.78 is 12.7. The molecule has 28 heavy (non-hydrogen) atoms. The van der Waals surface area contributed by atoms with Crippen LogP contribution in [0.4, 0.5) is 5.69 Å². The zero-order chi connectivity index (χ0) is 20.3. The van der Waals surface area contributed by atoms with Crippen molar-refractivity contribution < 1.29 is 14.3 Å². The summed E-state index contributed by atoms with van der Waals surface area (Å²) in [5.41, 5.74) is 2.65. The van der Waals surface area contributed by atoms with E-state index in [1.165, 1.54) is 5.01 Å². The van der Waals surface area contributed by atoms with Crippen LogP contribution in [-0.2, 0) is 4.79 Å². The first kappa shape index (κ1) is 20.4. The van der Waals surface area contributed by atoms with Gasteiger partial charge in [-0.2, -0.15) is 10.1 Å². The van der Waals surface area contributed by atoms with Crippen molar-refractivity contribution in [1.82, 2.24) is 0 Å². The third-order valence-electron chi connectivity index (χ3n) is 4.05. The molecule has 0 saturated heterocycles. The van der Waals surface area contributed by atoms with Gasteiger partial charge in [-0.1, -0.05) is 50.6 Å². The van der Waals surface area contributed by atoms with Crippen molar-refractivity contribution in [3.05, 3.63) is 69.1 Å². The molecule has 2 aromatic carbocycles. The molecule has 1 aliphatic rings. The van der Waals surface area contributed by atoms with Gasteiger partial charge in [-0.25, -0.2) is 0 Å². The van der Waals surface area contributed by atoms with Crippen LogP contribution in [0, 0.1) is 0 Å². The summed E-state index contributed by atoms with van der Waals surface area (Å²) in [5, 5.41) is 5.82. The molecular weight excluding hydrogens is 488 g/mol. The number of methoxy groups -OCH3 is 1. The normalized spacial score (nSPS) is 15.0. The second-order valence-electron chi connectivity index (χ2n) is 5.96. The highest BCUT2D eigenvalue weighted by Gasteiger charge is 2.29. The number of halogens is 2. The van der Waals surface area contributed by atoms with E-state index in [9.17, 15) is 4.79 Å². The lowest BCUT2D eigenvalue weighted by Crippen LogP contribution is -2.21. The zero-order valence-electron chi connectivity index (χ0n) is 15.4. The Labute approximate surface area is 180 Å². The van der Waals surface area contributed by atoms with E-state index in [2.05, 4.69) is 43.5 Å². The monoisotopic (exact) mass is 504 g/mol. The summed E-state index contributed by atoms with van der Waals surface area (Å²) in [6.45, 7) is 5.83. The molecule has 0 bridgehead atoms. The van der Waals surface area contributed by atoms with Crippen LogP contribution < -0.4 is 14.5 Å². The van der Waals surface area contributed by atoms with Gasteiger partial charge in [0.15, 0.2) is 11.5 Å². The smallest absolute Gasteiger partial charge is 0.280 e. The minimum atomic E-state index is -0.187. The fraction of sp³-hybridized carbons (Fsp3) is 0.143. The van der Waals surface area contributed by atoms with E-state index in [0.717, 1.165) is 14.5 Å². The standard InChI is InChI=1S/C21H18Br2N2O3/c1-4-8-28-20-12-18(23)14(10-19(20)27-3)9-17-13(2)24-25(21(17)26)16-7-5-6-15(22)11-16/h4-7,9-12H,1,8H2,2-3H3/b17-9+. The predicted octanol–water partition coefficient (Wildman–Crippen LogP) is 5.59. The van der Waals surface area contributed by atoms with Crippen molar-refractivity contribution in [2.75, 3.05) is 18.7 Å². The maximum atomic E-state index is 13.0. The largest absolute Gasteiger partial charge is 0.493 e. The number of benzene rings is 2. The van der Waals surface area contributed by atoms with Gasteiger partial charge in [-0.15, -0.1) is 0 Å². The number of hydrogen-bond donors (Lipinski definition) is 0. The van der Waals surface area contributed by atoms with Gasteiger partial charge in [0, 0.05) is 8.95 Å². The van der Waals surface area contributed by atoms with Crippen molar-refractivity contribution in [1.29, 1.82) is 0 Å². The molecule has 0 radical (unpaired) electrons. The van der Waals surface area contributed by atoms with Crippen LogP contribution >= 0.6 is 31.9 Å². The summed E-state index contributed by atoms with van der Waals surface area (Å²) in [6, 6.07) is 11.1. The molecule has 2 aromatic rings. The lowest BCUT2D eigenvalue weighted by atomic mass is 10.1. The fourth-order valence-corrected chi connectivity index (χ4v) is 3.53. The Morgan fingerprint density at radius 3 is 2.68 bits per heavy atom. The van der Waals surface area contributed by atoms with Crippen molar-refractivity contribution in [3.8, 4) is 11.5 Å². The lowest BCUT2D eigenvalue weighted by molar-refractivity contribution is -0.114. The predicted molar refractivity (Wildman–Crippen MR) is 119 cm³/mol. The number of rotatable bonds is 6. The molecule has 5 nitrogen and oxygen atoms in total. The first-order valence-corrected chi connectivity index (χ1v) is 10.0. The minimum Gasteiger partial charge on any atom is -0.493 e. The van der Waals surface area contributed by atoms with E-state index in [-0.39, 0.29) is 5.91 Å². The van der Waals surface area contributed by atoms with E-state index in [4.69, 9.17) is 9.47 Å². The summed E-state index contributed by atoms with van der Waals surface area (Å²) in [4.78, 5) is 13.0. The third kappa shape index (κ3) is 4.20. The molecule has 0 atom stereocenters. The van der Waals surface area contributed by atoms with Crippen LogP contribution in [0.5, 0.6) is 11.5 Å². The summed E-state index contributed by atoms with van der Waals surface area (Å²) in [7, 11) is 1.57. The molecule has 1 amide bonds. The Bertz CT molecular complexity index is 999. The van der Waals surface area contributed by atoms with Crippen LogP contribution in [0.3, 0.4) is 0 Å². The second-order valence-corrected chi connectivity index (χ2v) is 7.73. The van der Waals surface area contributed by atoms with Gasteiger partial charge >= 0.3 is 0 Å². The summed E-state index contributed by atoms with van der Waals surface area (Å²) in [5.74, 6) is 0.976. The fourth-order valence-electron chi connectivity index (χ4n) is 2.71. The first-order chi connectivity index (χ1) is 13.4. The Balaban J connectivity index is 1.96. The lowest BCUT2D eigenvalue weighted by Gasteiger charge is -2.13. The average molecular weight is 506 g/mol. The van der Waals surface area contributed by atoms with Crippen molar-refractivity contribution >= 4 is 55.2 Å². The second kappa shape index (κ2) is 8.75. The number of carbonyl (C=O) groups excluding carboxylic acids is 1. The van der Waals surface area contributed by atoms with Crippen LogP contribution in [-0.4, -0.2) is 25.3 Å². The zero-order valence-corrected chi connectivity index (χ0v) is 18.6. The number of hydrogen-bond acceptors (Lipinski definition) is 4. The van der Waals surface area contributed by atoms with Crippen LogP contribution in [0.25, 0.3) is 6.08 Å². The quantitative estimate of drug-likeness (QED) is 0.379. The number of amides is 1. The molecule has 0 N–H and O–H groups in total. The van der Waals surface area contributed by atoms with E-state index >= 15 is 0 Å². The van der Waals surface area contributed by atoms with Crippen LogP contribution in [0.1, 0.15) is 12.5 Å². The van der Waals surface area contributed by atoms with Gasteiger partial charge in [0.1, 0.15) is 6.61 Å². The van der Waals surface area contributed by atoms with Gasteiger partial charge < -0.3 is 9.47 Å². The molecule has 0 aliphatic carbocycles. The molecule has 1 heterocycles. The highest BCUT2D eigenvalue weighted by Crippen LogP contribution is 2.35. The Hall–Kier alpha value is -2.38. The highest BCUT2D eigenvalue weighted by molar-refractivity contribution is 9.10. The molecule has 0 fully saturated rings. The SMILES string of the molecule is C=CCOc1cc(Br)c(/C=C2/C(=O)N(c3cccc(Br)c3)N=C2C)cc1OC. The molecule has 0 spiro atoms. The molecule has 0 aromatic heterocycles. The number of hydrazone groups is 1. The first-order valence-electron chi connectivity index (χ1n) is 8.43. The van der Waals surface area contributed by atoms with E-state index < -0.39 is 0 Å². The number of carbonyl (C=O) groups is 1. The highest BCUT2D eigenvalue weighted by atomic mass is 79.9. The molecule has 3 rings (SSSR count). The Morgan fingerprint density at radius 1 is 1.21 bits per heavy atom. The van der Waals surface area contributed by atoms with Crippen LogP contribution in [0.2, 0.25) is 0 Å². The molecule has 144 valence electrons. The Morgan fingerprint density at radius 2 is 2.00 bits per heavy atom. The average Bonchev–Trinajstić information content (AvgIpc) is 2.96. The number of anilines is 1. The van der Waals surface area contributed by atoms with Gasteiger partial charge in [-0.05, 0) is 48.9 Å².